The summed E-state index contributed by atoms with van der Waals surface area (Å²) in [5, 5.41) is 0. The summed E-state index contributed by atoms with van der Waals surface area (Å²) in [6.07, 6.45) is 1.82. The zero-order valence-electron chi connectivity index (χ0n) is 11.8. The zero-order chi connectivity index (χ0) is 14.6. The van der Waals surface area contributed by atoms with Gasteiger partial charge in [0.2, 0.25) is 0 Å². The van der Waals surface area contributed by atoms with Crippen LogP contribution in [0.3, 0.4) is 0 Å². The lowest BCUT2D eigenvalue weighted by Crippen LogP contribution is -2.48. The number of aryl methyl sites for hydroxylation is 1. The maximum atomic E-state index is 12.4. The second kappa shape index (κ2) is 4.78. The fourth-order valence-corrected chi connectivity index (χ4v) is 4.61. The van der Waals surface area contributed by atoms with Crippen molar-refractivity contribution in [2.75, 3.05) is 0 Å². The van der Waals surface area contributed by atoms with Crippen molar-refractivity contribution in [1.29, 1.82) is 0 Å². The summed E-state index contributed by atoms with van der Waals surface area (Å²) in [7, 11) is -3.79. The minimum absolute atomic E-state index is 0.113. The Morgan fingerprint density at radius 2 is 1.67 bits per heavy atom. The Morgan fingerprint density at radius 1 is 1.00 bits per heavy atom. The highest BCUT2D eigenvalue weighted by Crippen LogP contribution is 2.43. The highest BCUT2D eigenvalue weighted by atomic mass is 32.2. The Balaban J connectivity index is 1.59. The van der Waals surface area contributed by atoms with Gasteiger partial charge < -0.3 is 9.47 Å². The van der Waals surface area contributed by atoms with Crippen molar-refractivity contribution < 1.29 is 22.1 Å². The molecule has 5 nitrogen and oxygen atoms in total. The first-order valence-electron chi connectivity index (χ1n) is 7.34. The van der Waals surface area contributed by atoms with E-state index >= 15 is 0 Å². The Labute approximate surface area is 124 Å². The maximum Gasteiger partial charge on any atom is 0.297 e. The number of hydrogen-bond acceptors (Lipinski definition) is 5. The summed E-state index contributed by atoms with van der Waals surface area (Å²) in [6, 6.07) is 6.68. The molecule has 3 aliphatic rings. The average molecular weight is 310 g/mol. The quantitative estimate of drug-likeness (QED) is 0.797. The van der Waals surface area contributed by atoms with Gasteiger partial charge in [-0.05, 0) is 31.9 Å². The molecule has 0 amide bonds. The lowest BCUT2D eigenvalue weighted by molar-refractivity contribution is -0.117. The molecule has 0 radical (unpaired) electrons. The fourth-order valence-electron chi connectivity index (χ4n) is 3.49. The summed E-state index contributed by atoms with van der Waals surface area (Å²) in [4.78, 5) is 0.183. The number of fused-ring (bicyclic) bond motifs is 2. The van der Waals surface area contributed by atoms with Crippen LogP contribution >= 0.6 is 0 Å². The third-order valence-corrected chi connectivity index (χ3v) is 5.92. The van der Waals surface area contributed by atoms with Crippen LogP contribution in [0.1, 0.15) is 24.8 Å². The molecule has 1 aromatic carbocycles. The standard InChI is InChI=1S/C15H18O5S/c1-9-2-4-10(5-3-9)21(16,17)20-15-12-7-6-11-13(19-12)8-14(15)18-11/h2-5,11-15H,6-8H2,1H3. The Kier molecular flexibility index (Phi) is 3.11. The van der Waals surface area contributed by atoms with Crippen LogP contribution in [0.2, 0.25) is 0 Å². The van der Waals surface area contributed by atoms with Crippen molar-refractivity contribution in [3.63, 3.8) is 0 Å². The number of hydrogen-bond donors (Lipinski definition) is 0. The van der Waals surface area contributed by atoms with Crippen molar-refractivity contribution in [3.05, 3.63) is 29.8 Å². The highest BCUT2D eigenvalue weighted by molar-refractivity contribution is 7.86. The van der Waals surface area contributed by atoms with E-state index in [2.05, 4.69) is 0 Å². The van der Waals surface area contributed by atoms with Gasteiger partial charge in [-0.1, -0.05) is 17.7 Å². The molecule has 0 spiro atoms. The van der Waals surface area contributed by atoms with E-state index < -0.39 is 16.2 Å². The summed E-state index contributed by atoms with van der Waals surface area (Å²) in [5.41, 5.74) is 1.01. The van der Waals surface area contributed by atoms with E-state index in [9.17, 15) is 8.42 Å². The maximum absolute atomic E-state index is 12.4. The smallest absolute Gasteiger partial charge is 0.297 e. The Hall–Kier alpha value is -0.950. The van der Waals surface area contributed by atoms with E-state index in [0.717, 1.165) is 24.8 Å². The molecular weight excluding hydrogens is 292 g/mol. The average Bonchev–Trinajstić information content (AvgIpc) is 2.75. The van der Waals surface area contributed by atoms with E-state index in [1.54, 1.807) is 24.3 Å². The summed E-state index contributed by atoms with van der Waals surface area (Å²) in [5.74, 6) is 0. The molecular formula is C15H18O5S. The minimum atomic E-state index is -3.79. The SMILES string of the molecule is Cc1ccc(S(=O)(=O)OC2C3CCC4OC2CC4O3)cc1. The molecule has 3 bridgehead atoms. The first-order valence-corrected chi connectivity index (χ1v) is 8.75. The van der Waals surface area contributed by atoms with Gasteiger partial charge >= 0.3 is 0 Å². The molecule has 3 saturated heterocycles. The predicted molar refractivity (Wildman–Crippen MR) is 74.4 cm³/mol. The van der Waals surface area contributed by atoms with Crippen molar-refractivity contribution in [1.82, 2.24) is 0 Å². The van der Waals surface area contributed by atoms with Gasteiger partial charge in [0, 0.05) is 6.42 Å². The van der Waals surface area contributed by atoms with Crippen LogP contribution in [0.25, 0.3) is 0 Å². The molecule has 6 heteroatoms. The Morgan fingerprint density at radius 3 is 2.43 bits per heavy atom. The first kappa shape index (κ1) is 13.7. The minimum Gasteiger partial charge on any atom is -0.369 e. The van der Waals surface area contributed by atoms with Crippen molar-refractivity contribution in [2.24, 2.45) is 0 Å². The topological polar surface area (TPSA) is 61.8 Å². The van der Waals surface area contributed by atoms with Crippen LogP contribution in [0.15, 0.2) is 29.2 Å². The molecule has 1 aromatic rings. The predicted octanol–water partition coefficient (Wildman–Crippen LogP) is 1.79. The van der Waals surface area contributed by atoms with Gasteiger partial charge in [0.1, 0.15) is 6.10 Å². The third kappa shape index (κ3) is 2.30. The zero-order valence-corrected chi connectivity index (χ0v) is 12.6. The summed E-state index contributed by atoms with van der Waals surface area (Å²) in [6.45, 7) is 1.91. The van der Waals surface area contributed by atoms with Gasteiger partial charge in [-0.25, -0.2) is 0 Å². The number of rotatable bonds is 3. The molecule has 4 rings (SSSR count). The summed E-state index contributed by atoms with van der Waals surface area (Å²) < 4.78 is 42.1. The molecule has 21 heavy (non-hydrogen) atoms. The number of benzene rings is 1. The van der Waals surface area contributed by atoms with E-state index in [-0.39, 0.29) is 29.3 Å². The lowest BCUT2D eigenvalue weighted by atomic mass is 9.90. The van der Waals surface area contributed by atoms with Crippen molar-refractivity contribution in [3.8, 4) is 0 Å². The highest BCUT2D eigenvalue weighted by Gasteiger charge is 2.54. The van der Waals surface area contributed by atoms with Crippen LogP contribution in [-0.2, 0) is 23.8 Å². The van der Waals surface area contributed by atoms with E-state index in [1.807, 2.05) is 6.92 Å². The molecule has 5 atom stereocenters. The molecule has 5 unspecified atom stereocenters. The Bertz CT molecular complexity index is 631. The van der Waals surface area contributed by atoms with Crippen molar-refractivity contribution >= 4 is 10.1 Å². The fraction of sp³-hybridized carbons (Fsp3) is 0.600. The largest absolute Gasteiger partial charge is 0.369 e. The second-order valence-corrected chi connectivity index (χ2v) is 7.64. The first-order chi connectivity index (χ1) is 10.0. The lowest BCUT2D eigenvalue weighted by Gasteiger charge is -2.37. The van der Waals surface area contributed by atoms with Gasteiger partial charge in [-0.2, -0.15) is 8.42 Å². The normalized spacial score (nSPS) is 37.9. The number of ether oxygens (including phenoxy) is 2. The molecule has 3 aliphatic heterocycles. The van der Waals surface area contributed by atoms with Crippen LogP contribution in [0, 0.1) is 6.92 Å². The molecule has 3 heterocycles. The molecule has 0 aliphatic carbocycles. The van der Waals surface area contributed by atoms with Crippen LogP contribution in [0.4, 0.5) is 0 Å². The second-order valence-electron chi connectivity index (χ2n) is 6.07. The molecule has 114 valence electrons. The van der Waals surface area contributed by atoms with Crippen LogP contribution < -0.4 is 0 Å². The third-order valence-electron chi connectivity index (χ3n) is 4.59. The monoisotopic (exact) mass is 310 g/mol. The molecule has 0 aromatic heterocycles. The van der Waals surface area contributed by atoms with Gasteiger partial charge in [0.05, 0.1) is 29.3 Å². The van der Waals surface area contributed by atoms with E-state index in [0.29, 0.717) is 0 Å². The molecule has 0 N–H and O–H groups in total. The molecule has 0 saturated carbocycles. The van der Waals surface area contributed by atoms with Crippen molar-refractivity contribution in [2.45, 2.75) is 61.6 Å². The van der Waals surface area contributed by atoms with Gasteiger partial charge in [0.15, 0.2) is 0 Å². The van der Waals surface area contributed by atoms with Gasteiger partial charge in [-0.15, -0.1) is 0 Å². The van der Waals surface area contributed by atoms with E-state index in [4.69, 9.17) is 13.7 Å². The molecule has 3 fully saturated rings. The van der Waals surface area contributed by atoms with E-state index in [1.165, 1.54) is 0 Å². The van der Waals surface area contributed by atoms with Crippen LogP contribution in [0.5, 0.6) is 0 Å². The van der Waals surface area contributed by atoms with Gasteiger partial charge in [0.25, 0.3) is 10.1 Å². The summed E-state index contributed by atoms with van der Waals surface area (Å²) >= 11 is 0. The van der Waals surface area contributed by atoms with Gasteiger partial charge in [-0.3, -0.25) is 4.18 Å². The van der Waals surface area contributed by atoms with Crippen LogP contribution in [-0.4, -0.2) is 38.9 Å².